The van der Waals surface area contributed by atoms with Gasteiger partial charge < -0.3 is 20.1 Å². The number of ether oxygens (including phenoxy) is 2. The van der Waals surface area contributed by atoms with E-state index in [1.54, 1.807) is 13.3 Å². The molecule has 140 valence electrons. The Morgan fingerprint density at radius 3 is 2.88 bits per heavy atom. The van der Waals surface area contributed by atoms with Crippen LogP contribution in [0.2, 0.25) is 0 Å². The van der Waals surface area contributed by atoms with Crippen molar-refractivity contribution in [3.8, 4) is 5.88 Å². The zero-order valence-electron chi connectivity index (χ0n) is 15.6. The normalized spacial score (nSPS) is 15.8. The second-order valence-corrected chi connectivity index (χ2v) is 6.28. The molecule has 2 N–H and O–H groups in total. The summed E-state index contributed by atoms with van der Waals surface area (Å²) in [5.74, 6) is 1.44. The minimum atomic E-state index is 0.480. The fourth-order valence-corrected chi connectivity index (χ4v) is 2.99. The zero-order chi connectivity index (χ0) is 17.7. The molecule has 1 fully saturated rings. The summed E-state index contributed by atoms with van der Waals surface area (Å²) in [6.45, 7) is 5.09. The van der Waals surface area contributed by atoms with E-state index in [9.17, 15) is 0 Å². The van der Waals surface area contributed by atoms with Crippen LogP contribution in [-0.4, -0.2) is 43.9 Å². The van der Waals surface area contributed by atoms with E-state index in [0.717, 1.165) is 37.6 Å². The average Bonchev–Trinajstić information content (AvgIpc) is 2.66. The number of hydrogen-bond donors (Lipinski definition) is 2. The number of pyridine rings is 1. The molecule has 0 saturated heterocycles. The zero-order valence-corrected chi connectivity index (χ0v) is 15.6. The molecule has 0 bridgehead atoms. The molecule has 25 heavy (non-hydrogen) atoms. The minimum absolute atomic E-state index is 0.480. The molecular weight excluding hydrogens is 316 g/mol. The lowest BCUT2D eigenvalue weighted by Crippen LogP contribution is -2.38. The highest BCUT2D eigenvalue weighted by molar-refractivity contribution is 5.79. The van der Waals surface area contributed by atoms with Gasteiger partial charge in [0.1, 0.15) is 0 Å². The molecule has 0 atom stereocenters. The third-order valence-electron chi connectivity index (χ3n) is 4.31. The predicted octanol–water partition coefficient (Wildman–Crippen LogP) is 2.88. The number of nitrogens with one attached hydrogen (secondary N) is 2. The number of guanidine groups is 1. The monoisotopic (exact) mass is 348 g/mol. The van der Waals surface area contributed by atoms with Gasteiger partial charge in [0.2, 0.25) is 5.88 Å². The molecule has 0 aliphatic heterocycles. The van der Waals surface area contributed by atoms with Gasteiger partial charge in [-0.1, -0.05) is 25.3 Å². The maximum Gasteiger partial charge on any atom is 0.218 e. The summed E-state index contributed by atoms with van der Waals surface area (Å²) < 4.78 is 11.2. The van der Waals surface area contributed by atoms with Gasteiger partial charge in [0.25, 0.3) is 0 Å². The Morgan fingerprint density at radius 2 is 2.12 bits per heavy atom. The second-order valence-electron chi connectivity index (χ2n) is 6.28. The van der Waals surface area contributed by atoms with Gasteiger partial charge in [0.05, 0.1) is 19.8 Å². The van der Waals surface area contributed by atoms with E-state index in [2.05, 4.69) is 27.5 Å². The Morgan fingerprint density at radius 1 is 1.28 bits per heavy atom. The number of aliphatic imine (C=N–C) groups is 1. The van der Waals surface area contributed by atoms with Crippen molar-refractivity contribution >= 4 is 5.96 Å². The SMILES string of the molecule is CCNC(=NCc1cccnc1OC)NCCCOC1CCCCC1. The van der Waals surface area contributed by atoms with Crippen LogP contribution in [0.15, 0.2) is 23.3 Å². The average molecular weight is 348 g/mol. The highest BCUT2D eigenvalue weighted by atomic mass is 16.5. The van der Waals surface area contributed by atoms with Crippen LogP contribution in [0, 0.1) is 0 Å². The number of hydrogen-bond acceptors (Lipinski definition) is 4. The molecule has 1 heterocycles. The predicted molar refractivity (Wildman–Crippen MR) is 101 cm³/mol. The summed E-state index contributed by atoms with van der Waals surface area (Å²) in [4.78, 5) is 8.82. The third-order valence-corrected chi connectivity index (χ3v) is 4.31. The standard InChI is InChI=1S/C19H32N4O2/c1-3-20-19(23-15-16-9-7-12-21-18(16)24-2)22-13-8-14-25-17-10-5-4-6-11-17/h7,9,12,17H,3-6,8,10-11,13-15H2,1-2H3,(H2,20,22,23). The highest BCUT2D eigenvalue weighted by Gasteiger charge is 2.13. The number of methoxy groups -OCH3 is 1. The minimum Gasteiger partial charge on any atom is -0.481 e. The first-order valence-corrected chi connectivity index (χ1v) is 9.45. The van der Waals surface area contributed by atoms with Crippen LogP contribution in [0.5, 0.6) is 5.88 Å². The molecule has 2 rings (SSSR count). The van der Waals surface area contributed by atoms with Crippen LogP contribution in [0.25, 0.3) is 0 Å². The van der Waals surface area contributed by atoms with Crippen molar-refractivity contribution in [3.63, 3.8) is 0 Å². The summed E-state index contributed by atoms with van der Waals surface area (Å²) in [6.07, 6.45) is 9.64. The molecule has 0 unspecified atom stereocenters. The number of rotatable bonds is 9. The van der Waals surface area contributed by atoms with Crippen molar-refractivity contribution in [2.24, 2.45) is 4.99 Å². The molecule has 0 spiro atoms. The van der Waals surface area contributed by atoms with Gasteiger partial charge >= 0.3 is 0 Å². The molecule has 6 heteroatoms. The van der Waals surface area contributed by atoms with Crippen LogP contribution in [0.4, 0.5) is 0 Å². The molecule has 0 aromatic carbocycles. The molecule has 1 aliphatic carbocycles. The Labute approximate surface area is 151 Å². The van der Waals surface area contributed by atoms with Gasteiger partial charge in [-0.15, -0.1) is 0 Å². The van der Waals surface area contributed by atoms with E-state index < -0.39 is 0 Å². The largest absolute Gasteiger partial charge is 0.481 e. The fraction of sp³-hybridized carbons (Fsp3) is 0.684. The summed E-state index contributed by atoms with van der Waals surface area (Å²) in [7, 11) is 1.63. The van der Waals surface area contributed by atoms with Crippen molar-refractivity contribution in [2.45, 2.75) is 58.1 Å². The Bertz CT molecular complexity index is 516. The van der Waals surface area contributed by atoms with Crippen LogP contribution in [-0.2, 0) is 11.3 Å². The molecular formula is C19H32N4O2. The lowest BCUT2D eigenvalue weighted by atomic mass is 9.98. The molecule has 6 nitrogen and oxygen atoms in total. The van der Waals surface area contributed by atoms with Crippen molar-refractivity contribution in [2.75, 3.05) is 26.8 Å². The quantitative estimate of drug-likeness (QED) is 0.408. The summed E-state index contributed by atoms with van der Waals surface area (Å²) >= 11 is 0. The van der Waals surface area contributed by atoms with Crippen LogP contribution >= 0.6 is 0 Å². The van der Waals surface area contributed by atoms with Crippen molar-refractivity contribution in [3.05, 3.63) is 23.9 Å². The summed E-state index contributed by atoms with van der Waals surface area (Å²) in [5.41, 5.74) is 0.975. The van der Waals surface area contributed by atoms with Crippen LogP contribution < -0.4 is 15.4 Å². The van der Waals surface area contributed by atoms with E-state index in [4.69, 9.17) is 9.47 Å². The Hall–Kier alpha value is -1.82. The lowest BCUT2D eigenvalue weighted by Gasteiger charge is -2.22. The topological polar surface area (TPSA) is 67.8 Å². The van der Waals surface area contributed by atoms with Gasteiger partial charge in [-0.3, -0.25) is 0 Å². The maximum absolute atomic E-state index is 5.96. The van der Waals surface area contributed by atoms with E-state index in [-0.39, 0.29) is 0 Å². The fourth-order valence-electron chi connectivity index (χ4n) is 2.99. The molecule has 0 radical (unpaired) electrons. The van der Waals surface area contributed by atoms with E-state index in [1.807, 2.05) is 12.1 Å². The van der Waals surface area contributed by atoms with Crippen molar-refractivity contribution in [1.29, 1.82) is 0 Å². The van der Waals surface area contributed by atoms with E-state index in [0.29, 0.717) is 18.5 Å². The van der Waals surface area contributed by atoms with Gasteiger partial charge in [0.15, 0.2) is 5.96 Å². The van der Waals surface area contributed by atoms with Crippen molar-refractivity contribution in [1.82, 2.24) is 15.6 Å². The first kappa shape index (κ1) is 19.5. The van der Waals surface area contributed by atoms with Crippen molar-refractivity contribution < 1.29 is 9.47 Å². The highest BCUT2D eigenvalue weighted by Crippen LogP contribution is 2.20. The van der Waals surface area contributed by atoms with E-state index >= 15 is 0 Å². The van der Waals surface area contributed by atoms with E-state index in [1.165, 1.54) is 32.1 Å². The maximum atomic E-state index is 5.96. The smallest absolute Gasteiger partial charge is 0.218 e. The van der Waals surface area contributed by atoms with Gasteiger partial charge in [-0.25, -0.2) is 9.98 Å². The summed E-state index contributed by atoms with van der Waals surface area (Å²) in [6, 6.07) is 3.88. The van der Waals surface area contributed by atoms with Gasteiger partial charge in [0, 0.05) is 31.5 Å². The van der Waals surface area contributed by atoms with Crippen LogP contribution in [0.3, 0.4) is 0 Å². The third kappa shape index (κ3) is 7.30. The molecule has 1 aromatic rings. The van der Waals surface area contributed by atoms with Crippen LogP contribution in [0.1, 0.15) is 51.0 Å². The van der Waals surface area contributed by atoms with Gasteiger partial charge in [-0.2, -0.15) is 0 Å². The first-order valence-electron chi connectivity index (χ1n) is 9.45. The molecule has 1 aromatic heterocycles. The Kier molecular flexibility index (Phi) is 9.12. The molecule has 1 saturated carbocycles. The lowest BCUT2D eigenvalue weighted by molar-refractivity contribution is 0.0277. The molecule has 1 aliphatic rings. The first-order chi connectivity index (χ1) is 12.3. The summed E-state index contributed by atoms with van der Waals surface area (Å²) in [5, 5.41) is 6.63. The van der Waals surface area contributed by atoms with Gasteiger partial charge in [-0.05, 0) is 32.3 Å². The Balaban J connectivity index is 1.71. The number of aromatic nitrogens is 1. The number of nitrogens with zero attached hydrogens (tertiary/aromatic N) is 2. The second kappa shape index (κ2) is 11.7. The molecule has 0 amide bonds.